The summed E-state index contributed by atoms with van der Waals surface area (Å²) in [4.78, 5) is 11.0. The zero-order valence-electron chi connectivity index (χ0n) is 7.40. The number of aliphatic hydroxyl groups is 4. The smallest absolute Gasteiger partial charge is 0.337 e. The third-order valence-corrected chi connectivity index (χ3v) is 2.02. The highest BCUT2D eigenvalue weighted by Crippen LogP contribution is 2.20. The zero-order chi connectivity index (χ0) is 10.9. The van der Waals surface area contributed by atoms with E-state index >= 15 is 0 Å². The molecule has 5 atom stereocenters. The molecule has 1 aliphatic heterocycles. The van der Waals surface area contributed by atoms with Crippen molar-refractivity contribution in [2.75, 3.05) is 7.11 Å². The molecule has 0 bridgehead atoms. The number of carbonyl (C=O) groups is 1. The van der Waals surface area contributed by atoms with Gasteiger partial charge in [-0.15, -0.1) is 0 Å². The lowest BCUT2D eigenvalue weighted by Gasteiger charge is -2.36. The van der Waals surface area contributed by atoms with Crippen LogP contribution in [0.1, 0.15) is 0 Å². The Morgan fingerprint density at radius 1 is 1.14 bits per heavy atom. The van der Waals surface area contributed by atoms with Crippen molar-refractivity contribution in [2.24, 2.45) is 0 Å². The Balaban J connectivity index is 2.75. The zero-order valence-corrected chi connectivity index (χ0v) is 7.40. The molecule has 1 saturated heterocycles. The summed E-state index contributed by atoms with van der Waals surface area (Å²) in [7, 11) is 1.07. The van der Waals surface area contributed by atoms with Gasteiger partial charge in [0, 0.05) is 0 Å². The number of hydrogen-bond donors (Lipinski definition) is 4. The lowest BCUT2D eigenvalue weighted by atomic mass is 9.99. The van der Waals surface area contributed by atoms with Crippen LogP contribution in [0, 0.1) is 0 Å². The summed E-state index contributed by atoms with van der Waals surface area (Å²) in [6, 6.07) is 0. The SMILES string of the molecule is COC(=O)[C@@H]1OC(O)[C@H](O)[C@@H](O)[C@@H]1O. The molecule has 0 radical (unpaired) electrons. The number of aliphatic hydroxyl groups excluding tert-OH is 4. The molecule has 82 valence electrons. The van der Waals surface area contributed by atoms with Crippen LogP contribution in [-0.4, -0.2) is 64.2 Å². The second-order valence-corrected chi connectivity index (χ2v) is 2.94. The van der Waals surface area contributed by atoms with Gasteiger partial charge >= 0.3 is 5.97 Å². The van der Waals surface area contributed by atoms with E-state index in [9.17, 15) is 15.0 Å². The van der Waals surface area contributed by atoms with Gasteiger partial charge in [-0.3, -0.25) is 0 Å². The topological polar surface area (TPSA) is 116 Å². The fourth-order valence-corrected chi connectivity index (χ4v) is 1.17. The van der Waals surface area contributed by atoms with Crippen LogP contribution >= 0.6 is 0 Å². The highest BCUT2D eigenvalue weighted by Gasteiger charge is 2.46. The van der Waals surface area contributed by atoms with E-state index in [0.717, 1.165) is 7.11 Å². The maximum atomic E-state index is 11.0. The summed E-state index contributed by atoms with van der Waals surface area (Å²) in [5.41, 5.74) is 0. The Hall–Kier alpha value is -0.730. The highest BCUT2D eigenvalue weighted by atomic mass is 16.7. The van der Waals surface area contributed by atoms with Gasteiger partial charge in [0.1, 0.15) is 18.3 Å². The molecule has 7 heteroatoms. The molecular weight excluding hydrogens is 196 g/mol. The molecule has 0 aromatic carbocycles. The first kappa shape index (κ1) is 11.3. The number of hydrogen-bond acceptors (Lipinski definition) is 7. The van der Waals surface area contributed by atoms with Crippen LogP contribution in [0.25, 0.3) is 0 Å². The van der Waals surface area contributed by atoms with Gasteiger partial charge in [0.2, 0.25) is 0 Å². The van der Waals surface area contributed by atoms with Gasteiger partial charge < -0.3 is 29.9 Å². The Bertz CT molecular complexity index is 218. The first-order valence-corrected chi connectivity index (χ1v) is 3.94. The number of esters is 1. The number of carbonyl (C=O) groups excluding carboxylic acids is 1. The number of ether oxygens (including phenoxy) is 2. The molecule has 14 heavy (non-hydrogen) atoms. The molecule has 1 rings (SSSR count). The summed E-state index contributed by atoms with van der Waals surface area (Å²) in [6.45, 7) is 0. The van der Waals surface area contributed by atoms with Crippen molar-refractivity contribution >= 4 is 5.97 Å². The van der Waals surface area contributed by atoms with Crippen LogP contribution in [0.3, 0.4) is 0 Å². The van der Waals surface area contributed by atoms with E-state index < -0.39 is 36.7 Å². The van der Waals surface area contributed by atoms with Crippen molar-refractivity contribution in [3.05, 3.63) is 0 Å². The van der Waals surface area contributed by atoms with E-state index in [1.807, 2.05) is 0 Å². The number of methoxy groups -OCH3 is 1. The first-order chi connectivity index (χ1) is 6.49. The Morgan fingerprint density at radius 3 is 2.21 bits per heavy atom. The summed E-state index contributed by atoms with van der Waals surface area (Å²) in [5, 5.41) is 36.5. The second-order valence-electron chi connectivity index (χ2n) is 2.94. The first-order valence-electron chi connectivity index (χ1n) is 3.94. The van der Waals surface area contributed by atoms with Crippen LogP contribution in [0.5, 0.6) is 0 Å². The van der Waals surface area contributed by atoms with Gasteiger partial charge in [-0.1, -0.05) is 0 Å². The van der Waals surface area contributed by atoms with E-state index in [4.69, 9.17) is 10.2 Å². The molecule has 0 spiro atoms. The van der Waals surface area contributed by atoms with Crippen LogP contribution in [-0.2, 0) is 14.3 Å². The average molecular weight is 208 g/mol. The fourth-order valence-electron chi connectivity index (χ4n) is 1.17. The van der Waals surface area contributed by atoms with E-state index in [2.05, 4.69) is 9.47 Å². The molecule has 0 saturated carbocycles. The Kier molecular flexibility index (Phi) is 3.40. The van der Waals surface area contributed by atoms with Crippen LogP contribution in [0.4, 0.5) is 0 Å². The normalized spacial score (nSPS) is 43.4. The van der Waals surface area contributed by atoms with Gasteiger partial charge in [0.05, 0.1) is 7.11 Å². The molecule has 1 fully saturated rings. The maximum absolute atomic E-state index is 11.0. The Labute approximate surface area is 79.5 Å². The van der Waals surface area contributed by atoms with Gasteiger partial charge in [0.25, 0.3) is 0 Å². The predicted molar refractivity (Wildman–Crippen MR) is 40.9 cm³/mol. The number of rotatable bonds is 1. The predicted octanol–water partition coefficient (Wildman–Crippen LogP) is -3.04. The molecule has 7 nitrogen and oxygen atoms in total. The van der Waals surface area contributed by atoms with Gasteiger partial charge in [-0.25, -0.2) is 4.79 Å². The third-order valence-electron chi connectivity index (χ3n) is 2.02. The molecule has 1 heterocycles. The highest BCUT2D eigenvalue weighted by molar-refractivity contribution is 5.75. The van der Waals surface area contributed by atoms with Crippen molar-refractivity contribution in [2.45, 2.75) is 30.7 Å². The third kappa shape index (κ3) is 1.86. The Morgan fingerprint density at radius 2 is 1.71 bits per heavy atom. The molecule has 0 aromatic heterocycles. The lowest BCUT2D eigenvalue weighted by molar-refractivity contribution is -0.280. The molecule has 4 N–H and O–H groups in total. The summed E-state index contributed by atoms with van der Waals surface area (Å²) < 4.78 is 8.82. The van der Waals surface area contributed by atoms with Crippen LogP contribution < -0.4 is 0 Å². The molecule has 1 unspecified atom stereocenters. The quantitative estimate of drug-likeness (QED) is 0.338. The fraction of sp³-hybridized carbons (Fsp3) is 0.857. The molecule has 1 aliphatic rings. The second kappa shape index (κ2) is 4.20. The molecular formula is C7H12O7. The minimum absolute atomic E-state index is 0.928. The van der Waals surface area contributed by atoms with Crippen molar-refractivity contribution in [3.63, 3.8) is 0 Å². The summed E-state index contributed by atoms with van der Waals surface area (Å²) in [5.74, 6) is -0.928. The summed E-state index contributed by atoms with van der Waals surface area (Å²) in [6.07, 6.45) is -8.14. The maximum Gasteiger partial charge on any atom is 0.337 e. The van der Waals surface area contributed by atoms with Crippen LogP contribution in [0.15, 0.2) is 0 Å². The van der Waals surface area contributed by atoms with E-state index in [0.29, 0.717) is 0 Å². The van der Waals surface area contributed by atoms with Gasteiger partial charge in [0.15, 0.2) is 12.4 Å². The molecule has 0 aromatic rings. The van der Waals surface area contributed by atoms with E-state index in [1.54, 1.807) is 0 Å². The largest absolute Gasteiger partial charge is 0.467 e. The monoisotopic (exact) mass is 208 g/mol. The van der Waals surface area contributed by atoms with Gasteiger partial charge in [-0.05, 0) is 0 Å². The van der Waals surface area contributed by atoms with Gasteiger partial charge in [-0.2, -0.15) is 0 Å². The average Bonchev–Trinajstić information content (AvgIpc) is 2.19. The van der Waals surface area contributed by atoms with E-state index in [-0.39, 0.29) is 0 Å². The minimum atomic E-state index is -1.72. The molecule has 0 aliphatic carbocycles. The standard InChI is InChI=1S/C7H12O7/c1-13-7(12)5-3(9)2(8)4(10)6(11)14-5/h2-6,8-11H,1H3/t2-,3-,4+,5+,6?/m0/s1. The van der Waals surface area contributed by atoms with Crippen LogP contribution in [0.2, 0.25) is 0 Å². The summed E-state index contributed by atoms with van der Waals surface area (Å²) >= 11 is 0. The molecule has 0 amide bonds. The van der Waals surface area contributed by atoms with Crippen molar-refractivity contribution in [1.29, 1.82) is 0 Å². The van der Waals surface area contributed by atoms with E-state index in [1.165, 1.54) is 0 Å². The minimum Gasteiger partial charge on any atom is -0.467 e. The lowest BCUT2D eigenvalue weighted by Crippen LogP contribution is -2.59. The van der Waals surface area contributed by atoms with Crippen molar-refractivity contribution in [1.82, 2.24) is 0 Å². The van der Waals surface area contributed by atoms with Crippen molar-refractivity contribution < 1.29 is 34.7 Å². The van der Waals surface area contributed by atoms with Crippen molar-refractivity contribution in [3.8, 4) is 0 Å².